The number of nitrogens with one attached hydrogen (secondary N) is 2. The lowest BCUT2D eigenvalue weighted by atomic mass is 10.1. The monoisotopic (exact) mass is 472 g/mol. The Morgan fingerprint density at radius 2 is 1.80 bits per heavy atom. The lowest BCUT2D eigenvalue weighted by molar-refractivity contribution is -0.127. The second-order valence-electron chi connectivity index (χ2n) is 8.81. The lowest BCUT2D eigenvalue weighted by Gasteiger charge is -2.40. The van der Waals surface area contributed by atoms with Gasteiger partial charge >= 0.3 is 0 Å². The van der Waals surface area contributed by atoms with Gasteiger partial charge in [0.25, 0.3) is 5.91 Å². The Labute approximate surface area is 206 Å². The van der Waals surface area contributed by atoms with Crippen LogP contribution >= 0.6 is 0 Å². The van der Waals surface area contributed by atoms with Crippen LogP contribution in [0.1, 0.15) is 27.4 Å². The van der Waals surface area contributed by atoms with Gasteiger partial charge in [-0.25, -0.2) is 9.97 Å². The molecule has 1 aliphatic rings. The number of hydrogen-bond donors (Lipinski definition) is 2. The summed E-state index contributed by atoms with van der Waals surface area (Å²) in [6, 6.07) is 18.9. The van der Waals surface area contributed by atoms with E-state index in [0.29, 0.717) is 30.3 Å². The predicted octanol–water partition coefficient (Wildman–Crippen LogP) is 2.95. The molecule has 4 rings (SSSR count). The summed E-state index contributed by atoms with van der Waals surface area (Å²) in [5, 5.41) is 5.99. The molecule has 2 N–H and O–H groups in total. The van der Waals surface area contributed by atoms with Crippen molar-refractivity contribution in [1.29, 1.82) is 0 Å². The van der Waals surface area contributed by atoms with E-state index >= 15 is 0 Å². The fraction of sp³-hybridized carbons (Fsp3) is 0.333. The maximum Gasteiger partial charge on any atom is 0.254 e. The van der Waals surface area contributed by atoms with Gasteiger partial charge in [0.05, 0.1) is 0 Å². The molecule has 1 saturated heterocycles. The third kappa shape index (κ3) is 6.22. The summed E-state index contributed by atoms with van der Waals surface area (Å²) in [7, 11) is 1.62. The number of carbonyl (C=O) groups excluding carboxylic acids is 2. The largest absolute Gasteiger partial charge is 0.357 e. The average molecular weight is 473 g/mol. The van der Waals surface area contributed by atoms with Gasteiger partial charge < -0.3 is 15.5 Å². The number of amides is 2. The van der Waals surface area contributed by atoms with Gasteiger partial charge in [0, 0.05) is 56.2 Å². The number of likely N-dealkylation sites (N-methyl/N-ethyl adjacent to an activating group) is 1. The first-order valence-electron chi connectivity index (χ1n) is 11.9. The number of rotatable bonds is 7. The van der Waals surface area contributed by atoms with E-state index in [2.05, 4.69) is 37.6 Å². The maximum absolute atomic E-state index is 13.5. The van der Waals surface area contributed by atoms with Crippen LogP contribution in [0.15, 0.2) is 60.7 Å². The fourth-order valence-corrected chi connectivity index (χ4v) is 4.43. The summed E-state index contributed by atoms with van der Waals surface area (Å²) in [5.41, 5.74) is 3.42. The second-order valence-corrected chi connectivity index (χ2v) is 8.81. The Hall–Kier alpha value is -3.78. The number of aromatic nitrogens is 2. The van der Waals surface area contributed by atoms with Crippen LogP contribution in [0, 0.1) is 13.8 Å². The molecule has 3 aromatic rings. The Kier molecular flexibility index (Phi) is 7.72. The van der Waals surface area contributed by atoms with Crippen LogP contribution < -0.4 is 10.6 Å². The summed E-state index contributed by atoms with van der Waals surface area (Å²) in [4.78, 5) is 38.9. The van der Waals surface area contributed by atoms with Crippen molar-refractivity contribution < 1.29 is 9.59 Å². The second kappa shape index (κ2) is 11.1. The van der Waals surface area contributed by atoms with E-state index in [-0.39, 0.29) is 11.8 Å². The molecule has 0 aliphatic carbocycles. The molecule has 35 heavy (non-hydrogen) atoms. The molecule has 182 valence electrons. The van der Waals surface area contributed by atoms with Crippen molar-refractivity contribution in [3.8, 4) is 0 Å². The van der Waals surface area contributed by atoms with Crippen molar-refractivity contribution in [3.63, 3.8) is 0 Å². The molecule has 1 unspecified atom stereocenters. The van der Waals surface area contributed by atoms with Crippen LogP contribution in [0.4, 0.5) is 11.5 Å². The zero-order valence-corrected chi connectivity index (χ0v) is 20.5. The van der Waals surface area contributed by atoms with Gasteiger partial charge in [-0.05, 0) is 44.0 Å². The minimum absolute atomic E-state index is 0.149. The lowest BCUT2D eigenvalue weighted by Crippen LogP contribution is -2.60. The van der Waals surface area contributed by atoms with Crippen molar-refractivity contribution in [2.75, 3.05) is 38.5 Å². The number of piperazine rings is 1. The first-order valence-corrected chi connectivity index (χ1v) is 11.9. The highest BCUT2D eigenvalue weighted by molar-refractivity contribution is 5.98. The van der Waals surface area contributed by atoms with Crippen molar-refractivity contribution in [3.05, 3.63) is 83.3 Å². The van der Waals surface area contributed by atoms with Gasteiger partial charge in [-0.3, -0.25) is 14.5 Å². The van der Waals surface area contributed by atoms with Gasteiger partial charge in [-0.1, -0.05) is 36.4 Å². The van der Waals surface area contributed by atoms with E-state index in [9.17, 15) is 9.59 Å². The molecule has 1 atom stereocenters. The Bertz CT molecular complexity index is 1160. The van der Waals surface area contributed by atoms with Gasteiger partial charge in [0.2, 0.25) is 5.91 Å². The fourth-order valence-electron chi connectivity index (χ4n) is 4.43. The first kappa shape index (κ1) is 24.3. The van der Waals surface area contributed by atoms with Gasteiger partial charge in [0.15, 0.2) is 0 Å². The molecule has 1 fully saturated rings. The minimum atomic E-state index is -0.541. The Morgan fingerprint density at radius 3 is 2.54 bits per heavy atom. The maximum atomic E-state index is 13.5. The molecule has 1 aromatic heterocycles. The zero-order chi connectivity index (χ0) is 24.8. The van der Waals surface area contributed by atoms with Crippen LogP contribution in [0.5, 0.6) is 0 Å². The summed E-state index contributed by atoms with van der Waals surface area (Å²) in [6.45, 7) is 6.33. The van der Waals surface area contributed by atoms with Gasteiger partial charge in [-0.2, -0.15) is 0 Å². The molecule has 8 nitrogen and oxygen atoms in total. The quantitative estimate of drug-likeness (QED) is 0.550. The van der Waals surface area contributed by atoms with Gasteiger partial charge in [0.1, 0.15) is 17.7 Å². The molecule has 0 spiro atoms. The van der Waals surface area contributed by atoms with E-state index in [1.807, 2.05) is 50.2 Å². The van der Waals surface area contributed by atoms with Crippen molar-refractivity contribution in [1.82, 2.24) is 25.1 Å². The van der Waals surface area contributed by atoms with Crippen LogP contribution in [0.3, 0.4) is 0 Å². The van der Waals surface area contributed by atoms with Crippen molar-refractivity contribution in [2.24, 2.45) is 0 Å². The molecule has 2 amide bonds. The third-order valence-electron chi connectivity index (χ3n) is 6.18. The number of hydrogen-bond acceptors (Lipinski definition) is 6. The average Bonchev–Trinajstić information content (AvgIpc) is 2.86. The van der Waals surface area contributed by atoms with Crippen molar-refractivity contribution >= 4 is 23.3 Å². The van der Waals surface area contributed by atoms with Crippen LogP contribution in [-0.2, 0) is 11.2 Å². The normalized spacial score (nSPS) is 16.1. The van der Waals surface area contributed by atoms with Crippen molar-refractivity contribution in [2.45, 2.75) is 26.3 Å². The number of anilines is 2. The Morgan fingerprint density at radius 1 is 1.00 bits per heavy atom. The highest BCUT2D eigenvalue weighted by Gasteiger charge is 2.35. The number of aryl methyl sites for hydroxylation is 2. The molecular weight excluding hydrogens is 440 g/mol. The number of nitrogens with zero attached hydrogens (tertiary/aromatic N) is 4. The Balaban J connectivity index is 1.46. The van der Waals surface area contributed by atoms with E-state index in [0.717, 1.165) is 30.9 Å². The predicted molar refractivity (Wildman–Crippen MR) is 137 cm³/mol. The van der Waals surface area contributed by atoms with E-state index in [1.54, 1.807) is 24.1 Å². The summed E-state index contributed by atoms with van der Waals surface area (Å²) < 4.78 is 0. The molecule has 8 heteroatoms. The van der Waals surface area contributed by atoms with E-state index in [1.165, 1.54) is 5.56 Å². The summed E-state index contributed by atoms with van der Waals surface area (Å²) in [6.07, 6.45) is 0.908. The topological polar surface area (TPSA) is 90.5 Å². The molecule has 0 radical (unpaired) electrons. The molecule has 1 aliphatic heterocycles. The molecular formula is C27H32N6O2. The number of benzene rings is 2. The van der Waals surface area contributed by atoms with E-state index < -0.39 is 6.04 Å². The van der Waals surface area contributed by atoms with Crippen LogP contribution in [0.2, 0.25) is 0 Å². The van der Waals surface area contributed by atoms with Gasteiger partial charge in [-0.15, -0.1) is 0 Å². The summed E-state index contributed by atoms with van der Waals surface area (Å²) >= 11 is 0. The molecule has 0 bridgehead atoms. The zero-order valence-electron chi connectivity index (χ0n) is 20.5. The summed E-state index contributed by atoms with van der Waals surface area (Å²) in [5.74, 6) is 1.05. The highest BCUT2D eigenvalue weighted by Crippen LogP contribution is 2.20. The molecule has 0 saturated carbocycles. The number of carbonyl (C=O) groups is 2. The van der Waals surface area contributed by atoms with E-state index in [4.69, 9.17) is 0 Å². The van der Waals surface area contributed by atoms with Crippen LogP contribution in [0.25, 0.3) is 0 Å². The molecule has 2 heterocycles. The molecule has 2 aromatic carbocycles. The smallest absolute Gasteiger partial charge is 0.254 e. The SMILES string of the molecule is CNC(=O)C1CN(CCc2ccccc2)CCN1C(=O)c1cccc(Nc2cc(C)nc(C)n2)c1. The third-order valence-corrected chi connectivity index (χ3v) is 6.18. The standard InChI is InChI=1S/C27H32N6O2/c1-19-16-25(30-20(2)29-19)31-23-11-7-10-22(17-23)27(35)33-15-14-32(18-24(33)26(34)28-3)13-12-21-8-5-4-6-9-21/h4-11,16-17,24H,12-15,18H2,1-3H3,(H,28,34)(H,29,30,31). The first-order chi connectivity index (χ1) is 16.9. The highest BCUT2D eigenvalue weighted by atomic mass is 16.2. The minimum Gasteiger partial charge on any atom is -0.357 e. The van der Waals surface area contributed by atoms with Crippen LogP contribution in [-0.4, -0.2) is 70.9 Å².